The van der Waals surface area contributed by atoms with Gasteiger partial charge in [0.05, 0.1) is 5.39 Å². The van der Waals surface area contributed by atoms with Gasteiger partial charge in [-0.2, -0.15) is 5.10 Å². The first kappa shape index (κ1) is 21.0. The fourth-order valence-corrected chi connectivity index (χ4v) is 4.28. The Bertz CT molecular complexity index is 1160. The lowest BCUT2D eigenvalue weighted by atomic mass is 9.88. The van der Waals surface area contributed by atoms with Gasteiger partial charge in [-0.15, -0.1) is 0 Å². The number of likely N-dealkylation sites (tertiary alicyclic amines) is 1. The van der Waals surface area contributed by atoms with E-state index in [4.69, 9.17) is 0 Å². The average Bonchev–Trinajstić information content (AvgIpc) is 2.79. The Hall–Kier alpha value is -3.28. The van der Waals surface area contributed by atoms with Gasteiger partial charge in [0.2, 0.25) is 0 Å². The van der Waals surface area contributed by atoms with Crippen molar-refractivity contribution in [2.75, 3.05) is 13.1 Å². The number of aromatic amines is 1. The molecule has 0 saturated carbocycles. The zero-order chi connectivity index (χ0) is 22.0. The summed E-state index contributed by atoms with van der Waals surface area (Å²) >= 11 is 0. The lowest BCUT2D eigenvalue weighted by molar-refractivity contribution is 0.0646. The highest BCUT2D eigenvalue weighted by molar-refractivity contribution is 6.05. The van der Waals surface area contributed by atoms with Gasteiger partial charge >= 0.3 is 0 Å². The largest absolute Gasteiger partial charge is 0.337 e. The minimum Gasteiger partial charge on any atom is -0.337 e. The lowest BCUT2D eigenvalue weighted by Gasteiger charge is -2.31. The van der Waals surface area contributed by atoms with Crippen LogP contribution in [0.3, 0.4) is 0 Å². The van der Waals surface area contributed by atoms with Gasteiger partial charge < -0.3 is 4.90 Å². The van der Waals surface area contributed by atoms with E-state index in [0.29, 0.717) is 42.6 Å². The molecule has 1 N–H and O–H groups in total. The molecular weight excluding hydrogens is 390 g/mol. The van der Waals surface area contributed by atoms with E-state index in [1.165, 1.54) is 5.56 Å². The number of hydrogen-bond acceptors (Lipinski definition) is 4. The zero-order valence-corrected chi connectivity index (χ0v) is 17.9. The number of hydrogen-bond donors (Lipinski definition) is 1. The van der Waals surface area contributed by atoms with Crippen LogP contribution in [0.2, 0.25) is 0 Å². The molecule has 2 aromatic carbocycles. The second-order valence-electron chi connectivity index (χ2n) is 8.67. The van der Waals surface area contributed by atoms with Crippen molar-refractivity contribution in [1.29, 1.82) is 0 Å². The number of Topliss-reactive ketones (excluding diaryl/α,β-unsaturated/α-hetero) is 1. The molecule has 6 nitrogen and oxygen atoms in total. The standard InChI is InChI=1S/C25H27N3O3/c1-16(2)15-17-7-9-18(10-8-17)23(29)19-11-13-28(14-12-19)25(31)22-20-5-3-4-6-21(20)24(30)27-26-22/h3-10,16,19H,11-15H2,1-2H3,(H,27,30). The highest BCUT2D eigenvalue weighted by Gasteiger charge is 2.29. The molecule has 0 bridgehead atoms. The molecule has 160 valence electrons. The van der Waals surface area contributed by atoms with Crippen LogP contribution >= 0.6 is 0 Å². The highest BCUT2D eigenvalue weighted by Crippen LogP contribution is 2.24. The fraction of sp³-hybridized carbons (Fsp3) is 0.360. The third-order valence-electron chi connectivity index (χ3n) is 5.93. The quantitative estimate of drug-likeness (QED) is 0.639. The van der Waals surface area contributed by atoms with Crippen molar-refractivity contribution in [3.05, 3.63) is 75.7 Å². The normalized spacial score (nSPS) is 14.9. The van der Waals surface area contributed by atoms with E-state index in [9.17, 15) is 14.4 Å². The number of amides is 1. The summed E-state index contributed by atoms with van der Waals surface area (Å²) in [5.74, 6) is 0.435. The van der Waals surface area contributed by atoms with Gasteiger partial charge in [0.25, 0.3) is 11.5 Å². The van der Waals surface area contributed by atoms with E-state index in [-0.39, 0.29) is 28.9 Å². The molecule has 31 heavy (non-hydrogen) atoms. The number of carbonyl (C=O) groups excluding carboxylic acids is 2. The summed E-state index contributed by atoms with van der Waals surface area (Å²) in [6.45, 7) is 5.35. The molecule has 0 atom stereocenters. The Labute approximate surface area is 181 Å². The van der Waals surface area contributed by atoms with Crippen molar-refractivity contribution < 1.29 is 9.59 Å². The number of nitrogens with one attached hydrogen (secondary N) is 1. The third-order valence-corrected chi connectivity index (χ3v) is 5.93. The number of benzene rings is 2. The van der Waals surface area contributed by atoms with E-state index in [1.807, 2.05) is 24.3 Å². The molecule has 6 heteroatoms. The van der Waals surface area contributed by atoms with Gasteiger partial charge in [-0.05, 0) is 36.8 Å². The summed E-state index contributed by atoms with van der Waals surface area (Å²) in [5.41, 5.74) is 1.93. The van der Waals surface area contributed by atoms with Crippen LogP contribution in [0, 0.1) is 11.8 Å². The van der Waals surface area contributed by atoms with Crippen molar-refractivity contribution in [1.82, 2.24) is 15.1 Å². The summed E-state index contributed by atoms with van der Waals surface area (Å²) in [6.07, 6.45) is 2.25. The summed E-state index contributed by atoms with van der Waals surface area (Å²) in [7, 11) is 0. The maximum atomic E-state index is 13.1. The second kappa shape index (κ2) is 8.84. The van der Waals surface area contributed by atoms with Gasteiger partial charge in [0.15, 0.2) is 11.5 Å². The van der Waals surface area contributed by atoms with Gasteiger partial charge in [-0.3, -0.25) is 14.4 Å². The van der Waals surface area contributed by atoms with Crippen LogP contribution in [0.25, 0.3) is 10.8 Å². The molecule has 0 spiro atoms. The number of fused-ring (bicyclic) bond motifs is 1. The van der Waals surface area contributed by atoms with Crippen LogP contribution in [-0.2, 0) is 6.42 Å². The van der Waals surface area contributed by atoms with Crippen LogP contribution in [-0.4, -0.2) is 39.9 Å². The molecule has 3 aromatic rings. The molecule has 1 aliphatic rings. The van der Waals surface area contributed by atoms with Gasteiger partial charge in [0, 0.05) is 30.0 Å². The van der Waals surface area contributed by atoms with Gasteiger partial charge in [-0.1, -0.05) is 56.3 Å². The Balaban J connectivity index is 1.43. The molecule has 1 amide bonds. The molecule has 0 unspecified atom stereocenters. The molecule has 1 saturated heterocycles. The van der Waals surface area contributed by atoms with Crippen LogP contribution in [0.15, 0.2) is 53.3 Å². The summed E-state index contributed by atoms with van der Waals surface area (Å²) < 4.78 is 0. The lowest BCUT2D eigenvalue weighted by Crippen LogP contribution is -2.41. The van der Waals surface area contributed by atoms with Crippen LogP contribution in [0.4, 0.5) is 0 Å². The topological polar surface area (TPSA) is 83.1 Å². The molecule has 0 radical (unpaired) electrons. The minimum absolute atomic E-state index is 0.0831. The Kier molecular flexibility index (Phi) is 5.98. The predicted molar refractivity (Wildman–Crippen MR) is 120 cm³/mol. The molecule has 0 aliphatic carbocycles. The van der Waals surface area contributed by atoms with Gasteiger partial charge in [-0.25, -0.2) is 5.10 Å². The molecule has 1 fully saturated rings. The van der Waals surface area contributed by atoms with Crippen molar-refractivity contribution in [3.63, 3.8) is 0 Å². The first-order valence-corrected chi connectivity index (χ1v) is 10.8. The molecular formula is C25H27N3O3. The Morgan fingerprint density at radius 3 is 2.32 bits per heavy atom. The van der Waals surface area contributed by atoms with E-state index >= 15 is 0 Å². The van der Waals surface area contributed by atoms with Crippen molar-refractivity contribution >= 4 is 22.5 Å². The summed E-state index contributed by atoms with van der Waals surface area (Å²) in [6, 6.07) is 14.9. The van der Waals surface area contributed by atoms with Crippen molar-refractivity contribution in [3.8, 4) is 0 Å². The third kappa shape index (κ3) is 4.43. The van der Waals surface area contributed by atoms with E-state index < -0.39 is 0 Å². The highest BCUT2D eigenvalue weighted by atomic mass is 16.2. The summed E-state index contributed by atoms with van der Waals surface area (Å²) in [4.78, 5) is 39.7. The Morgan fingerprint density at radius 2 is 1.68 bits per heavy atom. The van der Waals surface area contributed by atoms with Crippen LogP contribution < -0.4 is 5.56 Å². The smallest absolute Gasteiger partial charge is 0.274 e. The number of rotatable bonds is 5. The maximum absolute atomic E-state index is 13.1. The molecule has 2 heterocycles. The number of H-pyrrole nitrogens is 1. The SMILES string of the molecule is CC(C)Cc1ccc(C(=O)C2CCN(C(=O)c3n[nH]c(=O)c4ccccc34)CC2)cc1. The first-order chi connectivity index (χ1) is 14.9. The zero-order valence-electron chi connectivity index (χ0n) is 17.9. The number of aromatic nitrogens is 2. The first-order valence-electron chi connectivity index (χ1n) is 10.8. The molecule has 4 rings (SSSR count). The number of nitrogens with zero attached hydrogens (tertiary/aromatic N) is 2. The Morgan fingerprint density at radius 1 is 1.03 bits per heavy atom. The number of ketones is 1. The number of carbonyl (C=O) groups is 2. The van der Waals surface area contributed by atoms with Gasteiger partial charge in [0.1, 0.15) is 0 Å². The van der Waals surface area contributed by atoms with E-state index in [1.54, 1.807) is 29.2 Å². The van der Waals surface area contributed by atoms with E-state index in [0.717, 1.165) is 12.0 Å². The average molecular weight is 418 g/mol. The predicted octanol–water partition coefficient (Wildman–Crippen LogP) is 3.86. The minimum atomic E-state index is -0.309. The van der Waals surface area contributed by atoms with E-state index in [2.05, 4.69) is 24.0 Å². The maximum Gasteiger partial charge on any atom is 0.274 e. The van der Waals surface area contributed by atoms with Crippen LogP contribution in [0.5, 0.6) is 0 Å². The fourth-order valence-electron chi connectivity index (χ4n) is 4.28. The van der Waals surface area contributed by atoms with Crippen molar-refractivity contribution in [2.24, 2.45) is 11.8 Å². The molecule has 1 aliphatic heterocycles. The number of piperidine rings is 1. The molecule has 1 aromatic heterocycles. The van der Waals surface area contributed by atoms with Crippen molar-refractivity contribution in [2.45, 2.75) is 33.1 Å². The van der Waals surface area contributed by atoms with Crippen LogP contribution in [0.1, 0.15) is 53.1 Å². The summed E-state index contributed by atoms with van der Waals surface area (Å²) in [5, 5.41) is 7.44. The second-order valence-corrected chi connectivity index (χ2v) is 8.67. The monoisotopic (exact) mass is 417 g/mol.